The molecule has 0 saturated carbocycles. The Kier molecular flexibility index (Phi) is 6.16. The predicted octanol–water partition coefficient (Wildman–Crippen LogP) is 3.34. The molecule has 166 valence electrons. The van der Waals surface area contributed by atoms with E-state index in [1.165, 1.54) is 0 Å². The molecule has 2 fully saturated rings. The van der Waals surface area contributed by atoms with Crippen molar-refractivity contribution in [1.29, 1.82) is 0 Å². The van der Waals surface area contributed by atoms with Crippen molar-refractivity contribution in [3.8, 4) is 11.1 Å². The Hall–Kier alpha value is -2.81. The first kappa shape index (κ1) is 21.1. The summed E-state index contributed by atoms with van der Waals surface area (Å²) in [6, 6.07) is 9.91. The van der Waals surface area contributed by atoms with Gasteiger partial charge in [-0.1, -0.05) is 23.7 Å². The molecule has 3 aromatic rings. The summed E-state index contributed by atoms with van der Waals surface area (Å²) in [7, 11) is 0. The van der Waals surface area contributed by atoms with E-state index in [1.54, 1.807) is 0 Å². The number of halogens is 1. The van der Waals surface area contributed by atoms with Gasteiger partial charge in [-0.3, -0.25) is 4.90 Å². The van der Waals surface area contributed by atoms with Gasteiger partial charge in [-0.25, -0.2) is 19.9 Å². The lowest BCUT2D eigenvalue weighted by atomic mass is 10.00. The van der Waals surface area contributed by atoms with Crippen molar-refractivity contribution < 1.29 is 4.74 Å². The summed E-state index contributed by atoms with van der Waals surface area (Å²) in [6.45, 7) is 4.77. The van der Waals surface area contributed by atoms with Crippen LogP contribution in [0.25, 0.3) is 11.1 Å². The van der Waals surface area contributed by atoms with Gasteiger partial charge >= 0.3 is 0 Å². The lowest BCUT2D eigenvalue weighted by Crippen LogP contribution is -2.37. The van der Waals surface area contributed by atoms with Crippen molar-refractivity contribution in [1.82, 2.24) is 24.8 Å². The van der Waals surface area contributed by atoms with Crippen LogP contribution in [-0.4, -0.2) is 57.7 Å². The van der Waals surface area contributed by atoms with Gasteiger partial charge in [0.15, 0.2) is 0 Å². The highest BCUT2D eigenvalue weighted by Crippen LogP contribution is 2.37. The minimum atomic E-state index is 0.146. The van der Waals surface area contributed by atoms with E-state index in [0.29, 0.717) is 24.2 Å². The summed E-state index contributed by atoms with van der Waals surface area (Å²) in [5, 5.41) is 0.703. The molecule has 1 aromatic carbocycles. The van der Waals surface area contributed by atoms with Gasteiger partial charge in [0.2, 0.25) is 11.9 Å². The van der Waals surface area contributed by atoms with Crippen LogP contribution in [0.3, 0.4) is 0 Å². The number of rotatable bonds is 5. The number of likely N-dealkylation sites (tertiary alicyclic amines) is 1. The number of benzene rings is 1. The highest BCUT2D eigenvalue weighted by molar-refractivity contribution is 6.30. The zero-order valence-electron chi connectivity index (χ0n) is 17.8. The van der Waals surface area contributed by atoms with Crippen LogP contribution in [0.2, 0.25) is 5.02 Å². The monoisotopic (exact) mass is 451 g/mol. The van der Waals surface area contributed by atoms with Crippen molar-refractivity contribution in [2.45, 2.75) is 25.4 Å². The highest BCUT2D eigenvalue weighted by Gasteiger charge is 2.30. The van der Waals surface area contributed by atoms with Crippen LogP contribution in [0, 0.1) is 0 Å². The first-order chi connectivity index (χ1) is 15.7. The second-order valence-corrected chi connectivity index (χ2v) is 8.55. The molecule has 0 amide bonds. The van der Waals surface area contributed by atoms with Crippen LogP contribution in [0.15, 0.2) is 42.7 Å². The summed E-state index contributed by atoms with van der Waals surface area (Å²) in [5.74, 6) is 1.07. The molecule has 9 heteroatoms. The minimum absolute atomic E-state index is 0.146. The fourth-order valence-electron chi connectivity index (χ4n) is 4.44. The number of ether oxygens (including phenoxy) is 1. The Morgan fingerprint density at radius 3 is 2.66 bits per heavy atom. The van der Waals surface area contributed by atoms with Crippen LogP contribution >= 0.6 is 11.6 Å². The predicted molar refractivity (Wildman–Crippen MR) is 124 cm³/mol. The Balaban J connectivity index is 1.41. The summed E-state index contributed by atoms with van der Waals surface area (Å²) in [4.78, 5) is 22.9. The maximum absolute atomic E-state index is 6.09. The average Bonchev–Trinajstić information content (AvgIpc) is 3.28. The lowest BCUT2D eigenvalue weighted by molar-refractivity contribution is 0.122. The van der Waals surface area contributed by atoms with Gasteiger partial charge < -0.3 is 15.4 Å². The highest BCUT2D eigenvalue weighted by atomic mass is 35.5. The van der Waals surface area contributed by atoms with Crippen LogP contribution in [0.1, 0.15) is 30.3 Å². The fraction of sp³-hybridized carbons (Fsp3) is 0.391. The van der Waals surface area contributed by atoms with Crippen LogP contribution in [-0.2, 0) is 11.3 Å². The van der Waals surface area contributed by atoms with Crippen molar-refractivity contribution in [3.63, 3.8) is 0 Å². The number of nitrogen functional groups attached to an aromatic ring is 1. The summed E-state index contributed by atoms with van der Waals surface area (Å²) >= 11 is 6.09. The topological polar surface area (TPSA) is 93.3 Å². The quantitative estimate of drug-likeness (QED) is 0.631. The van der Waals surface area contributed by atoms with Crippen molar-refractivity contribution in [2.75, 3.05) is 43.5 Å². The normalized spacial score (nSPS) is 19.4. The van der Waals surface area contributed by atoms with Crippen LogP contribution in [0.5, 0.6) is 0 Å². The van der Waals surface area contributed by atoms with Gasteiger partial charge in [0.25, 0.3) is 0 Å². The van der Waals surface area contributed by atoms with Gasteiger partial charge in [-0.15, -0.1) is 0 Å². The average molecular weight is 452 g/mol. The third kappa shape index (κ3) is 4.53. The molecule has 2 N–H and O–H groups in total. The lowest BCUT2D eigenvalue weighted by Gasteiger charge is -2.28. The molecule has 1 unspecified atom stereocenters. The maximum atomic E-state index is 6.09. The van der Waals surface area contributed by atoms with E-state index in [4.69, 9.17) is 27.1 Å². The standard InChI is InChI=1S/C23H26ClN7O/c24-17-5-3-16(4-6-17)19-14-27-22(25)29-21(19)20-2-1-9-31(20)15-18-7-8-26-23(28-18)30-10-12-32-13-11-30/h3-8,14,20H,1-2,9-13,15H2,(H2,25,27,29). The molecule has 4 heterocycles. The molecule has 8 nitrogen and oxygen atoms in total. The van der Waals surface area contributed by atoms with E-state index in [-0.39, 0.29) is 6.04 Å². The third-order valence-electron chi connectivity index (χ3n) is 6.03. The largest absolute Gasteiger partial charge is 0.378 e. The minimum Gasteiger partial charge on any atom is -0.378 e. The molecule has 32 heavy (non-hydrogen) atoms. The summed E-state index contributed by atoms with van der Waals surface area (Å²) in [5.41, 5.74) is 9.99. The van der Waals surface area contributed by atoms with Gasteiger partial charge in [0, 0.05) is 42.6 Å². The van der Waals surface area contributed by atoms with Crippen LogP contribution in [0.4, 0.5) is 11.9 Å². The van der Waals surface area contributed by atoms with E-state index in [9.17, 15) is 0 Å². The molecule has 2 aliphatic rings. The Morgan fingerprint density at radius 1 is 1.03 bits per heavy atom. The van der Waals surface area contributed by atoms with Crippen molar-refractivity contribution in [2.24, 2.45) is 0 Å². The molecule has 1 atom stereocenters. The third-order valence-corrected chi connectivity index (χ3v) is 6.28. The molecule has 2 saturated heterocycles. The molecule has 0 bridgehead atoms. The van der Waals surface area contributed by atoms with Gasteiger partial charge in [0.05, 0.1) is 30.6 Å². The number of anilines is 2. The number of nitrogens with zero attached hydrogens (tertiary/aromatic N) is 6. The zero-order chi connectivity index (χ0) is 21.9. The van der Waals surface area contributed by atoms with E-state index < -0.39 is 0 Å². The first-order valence-corrected chi connectivity index (χ1v) is 11.3. The number of hydrogen-bond donors (Lipinski definition) is 1. The number of aromatic nitrogens is 4. The Morgan fingerprint density at radius 2 is 1.84 bits per heavy atom. The maximum Gasteiger partial charge on any atom is 0.225 e. The molecule has 2 aliphatic heterocycles. The second kappa shape index (κ2) is 9.36. The molecule has 5 rings (SSSR count). The summed E-state index contributed by atoms with van der Waals surface area (Å²) in [6.07, 6.45) is 5.77. The number of nitrogens with two attached hydrogens (primary N) is 1. The number of hydrogen-bond acceptors (Lipinski definition) is 8. The molecule has 0 radical (unpaired) electrons. The first-order valence-electron chi connectivity index (χ1n) is 10.9. The van der Waals surface area contributed by atoms with E-state index in [2.05, 4.69) is 24.8 Å². The van der Waals surface area contributed by atoms with Gasteiger partial charge in [-0.2, -0.15) is 0 Å². The van der Waals surface area contributed by atoms with Crippen LogP contribution < -0.4 is 10.6 Å². The summed E-state index contributed by atoms with van der Waals surface area (Å²) < 4.78 is 5.45. The van der Waals surface area contributed by atoms with Crippen molar-refractivity contribution >= 4 is 23.5 Å². The molecule has 0 aliphatic carbocycles. The second-order valence-electron chi connectivity index (χ2n) is 8.11. The van der Waals surface area contributed by atoms with E-state index in [1.807, 2.05) is 42.7 Å². The Labute approximate surface area is 192 Å². The van der Waals surface area contributed by atoms with Crippen molar-refractivity contribution in [3.05, 3.63) is 59.1 Å². The van der Waals surface area contributed by atoms with E-state index in [0.717, 1.165) is 67.5 Å². The SMILES string of the molecule is Nc1ncc(-c2ccc(Cl)cc2)c(C2CCCN2Cc2ccnc(N3CCOCC3)n2)n1. The van der Waals surface area contributed by atoms with Gasteiger partial charge in [-0.05, 0) is 43.1 Å². The molecule has 0 spiro atoms. The smallest absolute Gasteiger partial charge is 0.225 e. The van der Waals surface area contributed by atoms with E-state index >= 15 is 0 Å². The van der Waals surface area contributed by atoms with Gasteiger partial charge in [0.1, 0.15) is 0 Å². The zero-order valence-corrected chi connectivity index (χ0v) is 18.6. The molecular formula is C23H26ClN7O. The fourth-order valence-corrected chi connectivity index (χ4v) is 4.56. The Bertz CT molecular complexity index is 1070. The molecule has 2 aromatic heterocycles. The molecular weight excluding hydrogens is 426 g/mol. The number of morpholine rings is 1.